The van der Waals surface area contributed by atoms with E-state index < -0.39 is 17.8 Å². The van der Waals surface area contributed by atoms with Gasteiger partial charge < -0.3 is 10.6 Å². The predicted molar refractivity (Wildman–Crippen MR) is 89.0 cm³/mol. The minimum Gasteiger partial charge on any atom is -0.308 e. The number of aromatic nitrogens is 3. The third-order valence-electron chi connectivity index (χ3n) is 4.04. The van der Waals surface area contributed by atoms with Gasteiger partial charge in [0.05, 0.1) is 11.3 Å². The van der Waals surface area contributed by atoms with Crippen LogP contribution in [0.3, 0.4) is 0 Å². The topological polar surface area (TPSA) is 71.3 Å². The second kappa shape index (κ2) is 6.01. The maximum atomic E-state index is 12.6. The van der Waals surface area contributed by atoms with E-state index in [0.717, 1.165) is 30.8 Å². The summed E-state index contributed by atoms with van der Waals surface area (Å²) in [6.07, 6.45) is -0.543. The van der Waals surface area contributed by atoms with Crippen molar-refractivity contribution >= 4 is 23.1 Å². The summed E-state index contributed by atoms with van der Waals surface area (Å²) >= 11 is 0. The van der Waals surface area contributed by atoms with Gasteiger partial charge in [-0.3, -0.25) is 0 Å². The number of fused-ring (bicyclic) bond motifs is 1. The van der Waals surface area contributed by atoms with E-state index in [4.69, 9.17) is 0 Å². The van der Waals surface area contributed by atoms with Gasteiger partial charge in [-0.1, -0.05) is 0 Å². The summed E-state index contributed by atoms with van der Waals surface area (Å²) < 4.78 is 39.3. The van der Waals surface area contributed by atoms with Crippen molar-refractivity contribution in [3.05, 3.63) is 54.0 Å². The number of carbonyl (C=O) groups is 1. The molecule has 0 saturated heterocycles. The van der Waals surface area contributed by atoms with Crippen molar-refractivity contribution in [1.82, 2.24) is 14.6 Å². The fourth-order valence-electron chi connectivity index (χ4n) is 2.56. The van der Waals surface area contributed by atoms with Crippen molar-refractivity contribution in [2.45, 2.75) is 24.9 Å². The zero-order chi connectivity index (χ0) is 18.3. The van der Waals surface area contributed by atoms with E-state index in [1.54, 1.807) is 22.8 Å². The van der Waals surface area contributed by atoms with E-state index in [1.165, 1.54) is 12.1 Å². The zero-order valence-corrected chi connectivity index (χ0v) is 13.4. The molecule has 1 aromatic carbocycles. The Balaban J connectivity index is 1.49. The van der Waals surface area contributed by atoms with Crippen LogP contribution in [0, 0.1) is 0 Å². The van der Waals surface area contributed by atoms with Crippen LogP contribution in [0.2, 0.25) is 0 Å². The lowest BCUT2D eigenvalue weighted by molar-refractivity contribution is -0.137. The Morgan fingerprint density at radius 2 is 1.85 bits per heavy atom. The maximum absolute atomic E-state index is 12.6. The molecule has 0 spiro atoms. The van der Waals surface area contributed by atoms with Crippen LogP contribution in [-0.2, 0) is 6.18 Å². The van der Waals surface area contributed by atoms with Gasteiger partial charge in [0.1, 0.15) is 0 Å². The fourth-order valence-corrected chi connectivity index (χ4v) is 2.56. The van der Waals surface area contributed by atoms with Crippen molar-refractivity contribution in [2.24, 2.45) is 0 Å². The number of anilines is 2. The normalized spacial score (nSPS) is 14.4. The molecule has 0 radical (unpaired) electrons. The molecular weight excluding hydrogens is 347 g/mol. The highest BCUT2D eigenvalue weighted by molar-refractivity contribution is 6.01. The average molecular weight is 361 g/mol. The zero-order valence-electron chi connectivity index (χ0n) is 13.4. The molecule has 1 fully saturated rings. The van der Waals surface area contributed by atoms with Gasteiger partial charge in [-0.15, -0.1) is 0 Å². The molecule has 1 saturated carbocycles. The van der Waals surface area contributed by atoms with Crippen LogP contribution in [0.25, 0.3) is 5.65 Å². The molecule has 2 heterocycles. The lowest BCUT2D eigenvalue weighted by Gasteiger charge is -2.10. The Kier molecular flexibility index (Phi) is 3.78. The first kappa shape index (κ1) is 16.4. The maximum Gasteiger partial charge on any atom is 0.416 e. The van der Waals surface area contributed by atoms with Crippen molar-refractivity contribution < 1.29 is 18.0 Å². The molecule has 1 aliphatic carbocycles. The van der Waals surface area contributed by atoms with E-state index in [9.17, 15) is 18.0 Å². The third-order valence-corrected chi connectivity index (χ3v) is 4.04. The minimum absolute atomic E-state index is 0.252. The summed E-state index contributed by atoms with van der Waals surface area (Å²) in [6.45, 7) is 0. The Labute approximate surface area is 146 Å². The molecule has 0 unspecified atom stereocenters. The number of alkyl halides is 3. The van der Waals surface area contributed by atoms with Crippen LogP contribution >= 0.6 is 0 Å². The largest absolute Gasteiger partial charge is 0.416 e. The summed E-state index contributed by atoms with van der Waals surface area (Å²) in [5, 5.41) is 9.54. The highest BCUT2D eigenvalue weighted by Gasteiger charge is 2.30. The smallest absolute Gasteiger partial charge is 0.308 e. The molecule has 0 atom stereocenters. The third kappa shape index (κ3) is 3.32. The van der Waals surface area contributed by atoms with Crippen molar-refractivity contribution in [1.29, 1.82) is 0 Å². The van der Waals surface area contributed by atoms with E-state index in [0.29, 0.717) is 17.3 Å². The second-order valence-electron chi connectivity index (χ2n) is 6.09. The number of carbonyl (C=O) groups excluding carboxylic acids is 1. The van der Waals surface area contributed by atoms with Crippen LogP contribution < -0.4 is 10.6 Å². The lowest BCUT2D eigenvalue weighted by atomic mass is 10.2. The van der Waals surface area contributed by atoms with Crippen LogP contribution in [-0.4, -0.2) is 20.6 Å². The molecule has 6 nitrogen and oxygen atoms in total. The van der Waals surface area contributed by atoms with Crippen LogP contribution in [0.5, 0.6) is 0 Å². The molecule has 9 heteroatoms. The van der Waals surface area contributed by atoms with Crippen LogP contribution in [0.4, 0.5) is 29.3 Å². The highest BCUT2D eigenvalue weighted by atomic mass is 19.4. The Bertz CT molecular complexity index is 961. The Morgan fingerprint density at radius 3 is 2.50 bits per heavy atom. The van der Waals surface area contributed by atoms with Crippen molar-refractivity contribution in [3.63, 3.8) is 0 Å². The molecule has 2 aromatic heterocycles. The summed E-state index contributed by atoms with van der Waals surface area (Å²) in [7, 11) is 0. The molecule has 0 bridgehead atoms. The molecule has 2 N–H and O–H groups in total. The van der Waals surface area contributed by atoms with E-state index in [2.05, 4.69) is 20.7 Å². The summed E-state index contributed by atoms with van der Waals surface area (Å²) in [5.41, 5.74) is 0.472. The molecule has 0 aliphatic heterocycles. The SMILES string of the molecule is O=C(Nc1ccc(C(F)(F)F)cc1)Nc1cccn2nc(C3CC3)nc12. The van der Waals surface area contributed by atoms with Gasteiger partial charge in [-0.25, -0.2) is 14.3 Å². The van der Waals surface area contributed by atoms with Crippen molar-refractivity contribution in [2.75, 3.05) is 10.6 Å². The predicted octanol–water partition coefficient (Wildman–Crippen LogP) is 4.27. The number of amides is 2. The summed E-state index contributed by atoms with van der Waals surface area (Å²) in [5.74, 6) is 1.13. The first-order valence-electron chi connectivity index (χ1n) is 8.01. The van der Waals surface area contributed by atoms with Crippen LogP contribution in [0.15, 0.2) is 42.6 Å². The first-order valence-corrected chi connectivity index (χ1v) is 8.01. The van der Waals surface area contributed by atoms with Gasteiger partial charge in [-0.2, -0.15) is 18.3 Å². The molecular formula is C17H14F3N5O. The van der Waals surface area contributed by atoms with Crippen LogP contribution in [0.1, 0.15) is 30.1 Å². The highest BCUT2D eigenvalue weighted by Crippen LogP contribution is 2.38. The number of urea groups is 1. The quantitative estimate of drug-likeness (QED) is 0.732. The number of hydrogen-bond acceptors (Lipinski definition) is 3. The second-order valence-corrected chi connectivity index (χ2v) is 6.09. The number of rotatable bonds is 3. The number of hydrogen-bond donors (Lipinski definition) is 2. The van der Waals surface area contributed by atoms with E-state index in [1.807, 2.05) is 0 Å². The number of nitrogens with zero attached hydrogens (tertiary/aromatic N) is 3. The minimum atomic E-state index is -4.41. The Hall–Kier alpha value is -3.10. The number of halogens is 3. The number of nitrogens with one attached hydrogen (secondary N) is 2. The molecule has 26 heavy (non-hydrogen) atoms. The fraction of sp³-hybridized carbons (Fsp3) is 0.235. The number of pyridine rings is 1. The van der Waals surface area contributed by atoms with Gasteiger partial charge in [0.25, 0.3) is 0 Å². The Morgan fingerprint density at radius 1 is 1.12 bits per heavy atom. The molecule has 4 rings (SSSR count). The number of benzene rings is 1. The van der Waals surface area contributed by atoms with Gasteiger partial charge in [-0.05, 0) is 49.2 Å². The van der Waals surface area contributed by atoms with Gasteiger partial charge >= 0.3 is 12.2 Å². The molecule has 134 valence electrons. The summed E-state index contributed by atoms with van der Waals surface area (Å²) in [4.78, 5) is 16.6. The summed E-state index contributed by atoms with van der Waals surface area (Å²) in [6, 6.07) is 7.07. The lowest BCUT2D eigenvalue weighted by Crippen LogP contribution is -2.20. The molecule has 1 aliphatic rings. The van der Waals surface area contributed by atoms with E-state index in [-0.39, 0.29) is 5.69 Å². The standard InChI is InChI=1S/C17H14F3N5O/c18-17(19,20)11-5-7-12(8-6-11)21-16(26)22-13-2-1-9-25-15(13)23-14(24-25)10-3-4-10/h1-2,5-10H,3-4H2,(H2,21,22,26). The first-order chi connectivity index (χ1) is 12.4. The molecule has 3 aromatic rings. The van der Waals surface area contributed by atoms with E-state index >= 15 is 0 Å². The monoisotopic (exact) mass is 361 g/mol. The molecule has 2 amide bonds. The van der Waals surface area contributed by atoms with Crippen molar-refractivity contribution in [3.8, 4) is 0 Å². The van der Waals surface area contributed by atoms with Gasteiger partial charge in [0, 0.05) is 17.8 Å². The van der Waals surface area contributed by atoms with Gasteiger partial charge in [0.15, 0.2) is 11.5 Å². The average Bonchev–Trinajstić information content (AvgIpc) is 3.34. The van der Waals surface area contributed by atoms with Gasteiger partial charge in [0.2, 0.25) is 0 Å².